The average Bonchev–Trinajstić information content (AvgIpc) is 2.76. The van der Waals surface area contributed by atoms with Crippen LogP contribution in [0.2, 0.25) is 0 Å². The van der Waals surface area contributed by atoms with Gasteiger partial charge in [-0.3, -0.25) is 14.4 Å². The van der Waals surface area contributed by atoms with Crippen LogP contribution in [-0.4, -0.2) is 31.9 Å². The third kappa shape index (κ3) is 7.26. The van der Waals surface area contributed by atoms with Crippen LogP contribution in [0.5, 0.6) is 0 Å². The van der Waals surface area contributed by atoms with Gasteiger partial charge in [0.1, 0.15) is 0 Å². The smallest absolute Gasteiger partial charge is 0.325 e. The molecule has 0 aliphatic rings. The van der Waals surface area contributed by atoms with Gasteiger partial charge in [0, 0.05) is 18.4 Å². The fraction of sp³-hybridized carbons (Fsp3) is 0.400. The third-order valence-electron chi connectivity index (χ3n) is 4.45. The zero-order chi connectivity index (χ0) is 22.4. The van der Waals surface area contributed by atoms with Gasteiger partial charge < -0.3 is 9.47 Å². The largest absolute Gasteiger partial charge is 0.468 e. The number of hydrogen-bond donors (Lipinski definition) is 0. The molecule has 0 saturated carbocycles. The van der Waals surface area contributed by atoms with Crippen LogP contribution in [0.25, 0.3) is 0 Å². The molecule has 0 bridgehead atoms. The Hall–Kier alpha value is -3.31. The van der Waals surface area contributed by atoms with Crippen LogP contribution in [-0.2, 0) is 23.9 Å². The summed E-state index contributed by atoms with van der Waals surface area (Å²) in [5.74, 6) is 9.70. The van der Waals surface area contributed by atoms with Crippen LogP contribution >= 0.6 is 0 Å². The highest BCUT2D eigenvalue weighted by molar-refractivity contribution is 6.01. The molecule has 30 heavy (non-hydrogen) atoms. The molecule has 0 aliphatic heterocycles. The third-order valence-corrected chi connectivity index (χ3v) is 4.45. The summed E-state index contributed by atoms with van der Waals surface area (Å²) in [6, 6.07) is 9.21. The number of rotatable bonds is 8. The highest BCUT2D eigenvalue weighted by Gasteiger charge is 2.47. The molecule has 0 radical (unpaired) electrons. The van der Waals surface area contributed by atoms with Crippen LogP contribution in [0.15, 0.2) is 42.0 Å². The van der Waals surface area contributed by atoms with E-state index in [1.165, 1.54) is 21.1 Å². The lowest BCUT2D eigenvalue weighted by molar-refractivity contribution is -0.168. The molecule has 0 N–H and O–H groups in total. The molecule has 0 aliphatic carbocycles. The Morgan fingerprint density at radius 1 is 1.00 bits per heavy atom. The maximum absolute atomic E-state index is 12.6. The fourth-order valence-corrected chi connectivity index (χ4v) is 2.67. The lowest BCUT2D eigenvalue weighted by Crippen LogP contribution is -2.40. The first kappa shape index (κ1) is 24.7. The first-order valence-electron chi connectivity index (χ1n) is 9.82. The number of ketones is 1. The van der Waals surface area contributed by atoms with Gasteiger partial charge in [-0.1, -0.05) is 67.7 Å². The number of carbonyl (C=O) groups excluding carboxylic acids is 3. The van der Waals surface area contributed by atoms with Crippen molar-refractivity contribution >= 4 is 17.7 Å². The molecule has 0 unspecified atom stereocenters. The summed E-state index contributed by atoms with van der Waals surface area (Å²) in [5.41, 5.74) is -0.573. The molecule has 0 heterocycles. The molecular weight excluding hydrogens is 380 g/mol. The Bertz CT molecular complexity index is 872. The number of esters is 2. The zero-order valence-electron chi connectivity index (χ0n) is 18.0. The standard InChI is InChI=1S/C25H28O5/c1-5-6-8-16-22(20(2)26)17-12-19-25(23(27)29-3,24(28)30-4)18-11-15-21-13-9-7-10-14-21/h7,9-10,13-14,16H,5-6,8,18-19H2,1-4H3/b22-16+. The van der Waals surface area contributed by atoms with Crippen LogP contribution in [0.1, 0.15) is 51.5 Å². The fourth-order valence-electron chi connectivity index (χ4n) is 2.67. The van der Waals surface area contributed by atoms with Crippen molar-refractivity contribution in [3.05, 3.63) is 47.5 Å². The molecular formula is C25H28O5. The monoisotopic (exact) mass is 408 g/mol. The van der Waals surface area contributed by atoms with Gasteiger partial charge in [-0.25, -0.2) is 0 Å². The number of unbranched alkanes of at least 4 members (excludes halogenated alkanes) is 2. The maximum Gasteiger partial charge on any atom is 0.325 e. The Labute approximate surface area is 178 Å². The molecule has 1 aromatic carbocycles. The predicted molar refractivity (Wildman–Crippen MR) is 115 cm³/mol. The van der Waals surface area contributed by atoms with E-state index in [1.807, 2.05) is 30.3 Å². The first-order chi connectivity index (χ1) is 14.4. The van der Waals surface area contributed by atoms with Crippen molar-refractivity contribution in [2.45, 2.75) is 46.0 Å². The van der Waals surface area contributed by atoms with Crippen molar-refractivity contribution in [1.82, 2.24) is 0 Å². The van der Waals surface area contributed by atoms with Crippen molar-refractivity contribution in [1.29, 1.82) is 0 Å². The van der Waals surface area contributed by atoms with Crippen LogP contribution in [0.4, 0.5) is 0 Å². The summed E-state index contributed by atoms with van der Waals surface area (Å²) in [6.07, 6.45) is 4.18. The second-order valence-electron chi connectivity index (χ2n) is 6.70. The minimum absolute atomic E-state index is 0.120. The molecule has 1 rings (SSSR count). The van der Waals surface area contributed by atoms with Gasteiger partial charge in [-0.05, 0) is 25.5 Å². The van der Waals surface area contributed by atoms with E-state index in [4.69, 9.17) is 9.47 Å². The summed E-state index contributed by atoms with van der Waals surface area (Å²) in [5, 5.41) is 0. The lowest BCUT2D eigenvalue weighted by Gasteiger charge is -2.24. The van der Waals surface area contributed by atoms with Crippen molar-refractivity contribution in [2.24, 2.45) is 5.41 Å². The molecule has 158 valence electrons. The highest BCUT2D eigenvalue weighted by Crippen LogP contribution is 2.30. The number of ether oxygens (including phenoxy) is 2. The molecule has 0 amide bonds. The predicted octanol–water partition coefficient (Wildman–Crippen LogP) is 3.86. The number of methoxy groups -OCH3 is 2. The van der Waals surface area contributed by atoms with E-state index in [-0.39, 0.29) is 18.6 Å². The van der Waals surface area contributed by atoms with E-state index >= 15 is 0 Å². The quantitative estimate of drug-likeness (QED) is 0.215. The molecule has 0 aromatic heterocycles. The van der Waals surface area contributed by atoms with Crippen LogP contribution < -0.4 is 0 Å². The summed E-state index contributed by atoms with van der Waals surface area (Å²) in [6.45, 7) is 3.50. The topological polar surface area (TPSA) is 69.7 Å². The molecule has 1 aromatic rings. The first-order valence-corrected chi connectivity index (χ1v) is 9.82. The van der Waals surface area contributed by atoms with E-state index in [1.54, 1.807) is 6.08 Å². The van der Waals surface area contributed by atoms with Gasteiger partial charge >= 0.3 is 11.9 Å². The van der Waals surface area contributed by atoms with Gasteiger partial charge in [0.15, 0.2) is 11.2 Å². The summed E-state index contributed by atoms with van der Waals surface area (Å²) < 4.78 is 9.74. The number of Topliss-reactive ketones (excluding diaryl/α,β-unsaturated/α-hetero) is 1. The lowest BCUT2D eigenvalue weighted by atomic mass is 9.81. The van der Waals surface area contributed by atoms with E-state index < -0.39 is 17.4 Å². The SMILES string of the molecule is CCCC/C=C(\C#CCC(CC#Cc1ccccc1)(C(=O)OC)C(=O)OC)C(C)=O. The molecule has 5 nitrogen and oxygen atoms in total. The van der Waals surface area contributed by atoms with Gasteiger partial charge in [0.2, 0.25) is 0 Å². The minimum Gasteiger partial charge on any atom is -0.468 e. The molecule has 0 saturated heterocycles. The van der Waals surface area contributed by atoms with Gasteiger partial charge in [-0.15, -0.1) is 0 Å². The van der Waals surface area contributed by atoms with E-state index in [0.717, 1.165) is 24.8 Å². The van der Waals surface area contributed by atoms with E-state index in [9.17, 15) is 14.4 Å². The van der Waals surface area contributed by atoms with E-state index in [2.05, 4.69) is 30.6 Å². The summed E-state index contributed by atoms with van der Waals surface area (Å²) in [4.78, 5) is 36.9. The van der Waals surface area contributed by atoms with Gasteiger partial charge in [-0.2, -0.15) is 0 Å². The molecule has 5 heteroatoms. The number of allylic oxidation sites excluding steroid dienone is 2. The number of hydrogen-bond acceptors (Lipinski definition) is 5. The molecule has 0 fully saturated rings. The van der Waals surface area contributed by atoms with Crippen molar-refractivity contribution < 1.29 is 23.9 Å². The maximum atomic E-state index is 12.6. The second kappa shape index (κ2) is 13.0. The zero-order valence-corrected chi connectivity index (χ0v) is 18.0. The van der Waals surface area contributed by atoms with Crippen molar-refractivity contribution in [2.75, 3.05) is 14.2 Å². The van der Waals surface area contributed by atoms with Crippen LogP contribution in [0.3, 0.4) is 0 Å². The van der Waals surface area contributed by atoms with Gasteiger partial charge in [0.25, 0.3) is 0 Å². The van der Waals surface area contributed by atoms with E-state index in [0.29, 0.717) is 5.57 Å². The normalized spacial score (nSPS) is 10.7. The van der Waals surface area contributed by atoms with Crippen molar-refractivity contribution in [3.63, 3.8) is 0 Å². The Morgan fingerprint density at radius 3 is 2.13 bits per heavy atom. The average molecular weight is 408 g/mol. The minimum atomic E-state index is -1.69. The van der Waals surface area contributed by atoms with Crippen LogP contribution in [0, 0.1) is 29.1 Å². The number of benzene rings is 1. The Morgan fingerprint density at radius 2 is 1.60 bits per heavy atom. The number of carbonyl (C=O) groups is 3. The summed E-state index contributed by atoms with van der Waals surface area (Å²) >= 11 is 0. The second-order valence-corrected chi connectivity index (χ2v) is 6.70. The molecule has 0 atom stereocenters. The van der Waals surface area contributed by atoms with Gasteiger partial charge in [0.05, 0.1) is 19.8 Å². The Kier molecular flexibility index (Phi) is 10.7. The molecule has 0 spiro atoms. The Balaban J connectivity index is 3.22. The highest BCUT2D eigenvalue weighted by atomic mass is 16.5. The summed E-state index contributed by atoms with van der Waals surface area (Å²) in [7, 11) is 2.40. The van der Waals surface area contributed by atoms with Crippen molar-refractivity contribution in [3.8, 4) is 23.7 Å².